The molecule has 24 heavy (non-hydrogen) atoms. The smallest absolute Gasteiger partial charge is 0.254 e. The standard InChI is InChI=1S/C17H25N3O2S.ClH/c1-12-5-6-14(23-2)10-15(12)17(22)20-9-3-4-13(11-20)16(21)19-8-7-18;/h5-6,10,13H,3-4,7-9,11,18H2,1-2H3,(H,19,21);1H. The van der Waals surface area contributed by atoms with Crippen LogP contribution < -0.4 is 11.1 Å². The van der Waals surface area contributed by atoms with Gasteiger partial charge in [0.15, 0.2) is 0 Å². The number of amides is 2. The van der Waals surface area contributed by atoms with Crippen LogP contribution >= 0.6 is 24.2 Å². The second-order valence-electron chi connectivity index (χ2n) is 5.85. The Morgan fingerprint density at radius 1 is 1.42 bits per heavy atom. The maximum Gasteiger partial charge on any atom is 0.254 e. The second kappa shape index (κ2) is 9.91. The highest BCUT2D eigenvalue weighted by molar-refractivity contribution is 7.98. The summed E-state index contributed by atoms with van der Waals surface area (Å²) >= 11 is 1.62. The van der Waals surface area contributed by atoms with Crippen molar-refractivity contribution < 1.29 is 9.59 Å². The van der Waals surface area contributed by atoms with Gasteiger partial charge in [0, 0.05) is 36.6 Å². The molecule has 5 nitrogen and oxygen atoms in total. The molecule has 0 aliphatic carbocycles. The third kappa shape index (κ3) is 5.13. The van der Waals surface area contributed by atoms with Crippen LogP contribution in [-0.2, 0) is 4.79 Å². The minimum Gasteiger partial charge on any atom is -0.355 e. The zero-order valence-electron chi connectivity index (χ0n) is 14.2. The number of nitrogens with two attached hydrogens (primary N) is 1. The lowest BCUT2D eigenvalue weighted by Crippen LogP contribution is -2.46. The molecule has 1 aliphatic rings. The lowest BCUT2D eigenvalue weighted by atomic mass is 9.96. The maximum absolute atomic E-state index is 12.8. The predicted molar refractivity (Wildman–Crippen MR) is 101 cm³/mol. The van der Waals surface area contributed by atoms with Crippen LogP contribution in [0.25, 0.3) is 0 Å². The number of nitrogens with zero attached hydrogens (tertiary/aromatic N) is 1. The monoisotopic (exact) mass is 371 g/mol. The van der Waals surface area contributed by atoms with Crippen molar-refractivity contribution in [1.29, 1.82) is 0 Å². The van der Waals surface area contributed by atoms with E-state index in [4.69, 9.17) is 5.73 Å². The van der Waals surface area contributed by atoms with E-state index in [1.807, 2.05) is 36.3 Å². The highest BCUT2D eigenvalue weighted by Gasteiger charge is 2.29. The summed E-state index contributed by atoms with van der Waals surface area (Å²) in [6, 6.07) is 5.95. The fraction of sp³-hybridized carbons (Fsp3) is 0.529. The van der Waals surface area contributed by atoms with Crippen LogP contribution in [0.3, 0.4) is 0 Å². The van der Waals surface area contributed by atoms with E-state index in [-0.39, 0.29) is 30.1 Å². The van der Waals surface area contributed by atoms with E-state index in [0.717, 1.165) is 28.9 Å². The molecule has 1 fully saturated rings. The fourth-order valence-electron chi connectivity index (χ4n) is 2.84. The molecule has 7 heteroatoms. The molecule has 2 rings (SSSR count). The molecule has 3 N–H and O–H groups in total. The summed E-state index contributed by atoms with van der Waals surface area (Å²) in [6.45, 7) is 4.06. The Balaban J connectivity index is 0.00000288. The molecule has 0 aromatic heterocycles. The Morgan fingerprint density at radius 3 is 2.83 bits per heavy atom. The molecular formula is C17H26ClN3O2S. The second-order valence-corrected chi connectivity index (χ2v) is 6.73. The van der Waals surface area contributed by atoms with Gasteiger partial charge in [-0.3, -0.25) is 9.59 Å². The van der Waals surface area contributed by atoms with Crippen molar-refractivity contribution in [2.45, 2.75) is 24.7 Å². The average molecular weight is 372 g/mol. The normalized spacial score (nSPS) is 17.1. The molecule has 0 radical (unpaired) electrons. The number of nitrogens with one attached hydrogen (secondary N) is 1. The summed E-state index contributed by atoms with van der Waals surface area (Å²) in [5.41, 5.74) is 7.13. The van der Waals surface area contributed by atoms with Gasteiger partial charge in [0.05, 0.1) is 5.92 Å². The summed E-state index contributed by atoms with van der Waals surface area (Å²) in [7, 11) is 0. The van der Waals surface area contributed by atoms with Crippen LogP contribution in [0.5, 0.6) is 0 Å². The molecule has 1 unspecified atom stereocenters. The maximum atomic E-state index is 12.8. The molecule has 1 aromatic rings. The van der Waals surface area contributed by atoms with Gasteiger partial charge in [0.2, 0.25) is 5.91 Å². The number of thioether (sulfide) groups is 1. The first-order chi connectivity index (χ1) is 11.1. The Labute approximate surface area is 154 Å². The van der Waals surface area contributed by atoms with E-state index in [1.54, 1.807) is 11.8 Å². The SMILES string of the molecule is CSc1ccc(C)c(C(=O)N2CCCC(C(=O)NCCN)C2)c1.Cl. The van der Waals surface area contributed by atoms with Crippen molar-refractivity contribution in [3.05, 3.63) is 29.3 Å². The third-order valence-electron chi connectivity index (χ3n) is 4.20. The molecule has 1 aliphatic heterocycles. The number of rotatable bonds is 5. The molecule has 134 valence electrons. The van der Waals surface area contributed by atoms with Gasteiger partial charge in [-0.15, -0.1) is 24.2 Å². The summed E-state index contributed by atoms with van der Waals surface area (Å²) in [5.74, 6) is -0.111. The van der Waals surface area contributed by atoms with Crippen molar-refractivity contribution >= 4 is 36.0 Å². The summed E-state index contributed by atoms with van der Waals surface area (Å²) in [6.07, 6.45) is 3.68. The molecule has 2 amide bonds. The van der Waals surface area contributed by atoms with E-state index in [9.17, 15) is 9.59 Å². The molecule has 1 aromatic carbocycles. The van der Waals surface area contributed by atoms with E-state index in [2.05, 4.69) is 5.32 Å². The summed E-state index contributed by atoms with van der Waals surface area (Å²) in [4.78, 5) is 27.8. The summed E-state index contributed by atoms with van der Waals surface area (Å²) < 4.78 is 0. The topological polar surface area (TPSA) is 75.4 Å². The van der Waals surface area contributed by atoms with Crippen molar-refractivity contribution in [2.75, 3.05) is 32.4 Å². The van der Waals surface area contributed by atoms with Crippen molar-refractivity contribution in [2.24, 2.45) is 11.7 Å². The quantitative estimate of drug-likeness (QED) is 0.777. The molecule has 0 bridgehead atoms. The number of carbonyl (C=O) groups is 2. The van der Waals surface area contributed by atoms with Gasteiger partial charge in [-0.25, -0.2) is 0 Å². The van der Waals surface area contributed by atoms with Crippen molar-refractivity contribution in [1.82, 2.24) is 10.2 Å². The Morgan fingerprint density at radius 2 is 2.17 bits per heavy atom. The minimum absolute atomic E-state index is 0. The molecule has 0 saturated carbocycles. The van der Waals surface area contributed by atoms with Gasteiger partial charge in [0.1, 0.15) is 0 Å². The van der Waals surface area contributed by atoms with E-state index < -0.39 is 0 Å². The van der Waals surface area contributed by atoms with Crippen molar-refractivity contribution in [3.8, 4) is 0 Å². The van der Waals surface area contributed by atoms with Gasteiger partial charge in [-0.05, 0) is 43.7 Å². The number of halogens is 1. The highest BCUT2D eigenvalue weighted by Crippen LogP contribution is 2.23. The minimum atomic E-state index is -0.136. The number of hydrogen-bond acceptors (Lipinski definition) is 4. The largest absolute Gasteiger partial charge is 0.355 e. The van der Waals surface area contributed by atoms with Crippen LogP contribution in [0.4, 0.5) is 0 Å². The van der Waals surface area contributed by atoms with E-state index >= 15 is 0 Å². The molecular weight excluding hydrogens is 346 g/mol. The van der Waals surface area contributed by atoms with Crippen LogP contribution in [0.1, 0.15) is 28.8 Å². The molecule has 1 saturated heterocycles. The van der Waals surface area contributed by atoms with Gasteiger partial charge >= 0.3 is 0 Å². The van der Waals surface area contributed by atoms with Gasteiger partial charge in [-0.1, -0.05) is 6.07 Å². The third-order valence-corrected chi connectivity index (χ3v) is 4.92. The number of hydrogen-bond donors (Lipinski definition) is 2. The first-order valence-electron chi connectivity index (χ1n) is 7.98. The van der Waals surface area contributed by atoms with Crippen LogP contribution in [-0.4, -0.2) is 49.1 Å². The highest BCUT2D eigenvalue weighted by atomic mass is 35.5. The fourth-order valence-corrected chi connectivity index (χ4v) is 3.28. The zero-order valence-corrected chi connectivity index (χ0v) is 15.8. The molecule has 1 heterocycles. The van der Waals surface area contributed by atoms with Gasteiger partial charge < -0.3 is 16.0 Å². The average Bonchev–Trinajstić information content (AvgIpc) is 2.59. The Hall–Kier alpha value is -1.24. The zero-order chi connectivity index (χ0) is 16.8. The van der Waals surface area contributed by atoms with Crippen LogP contribution in [0.15, 0.2) is 23.1 Å². The number of aryl methyl sites for hydroxylation is 1. The number of likely N-dealkylation sites (tertiary alicyclic amines) is 1. The first-order valence-corrected chi connectivity index (χ1v) is 9.21. The van der Waals surface area contributed by atoms with Crippen molar-refractivity contribution in [3.63, 3.8) is 0 Å². The molecule has 1 atom stereocenters. The van der Waals surface area contributed by atoms with Crippen LogP contribution in [0, 0.1) is 12.8 Å². The number of piperidine rings is 1. The molecule has 0 spiro atoms. The predicted octanol–water partition coefficient (Wildman–Crippen LogP) is 2.07. The van der Waals surface area contributed by atoms with E-state index in [0.29, 0.717) is 26.2 Å². The number of benzene rings is 1. The van der Waals surface area contributed by atoms with Gasteiger partial charge in [-0.2, -0.15) is 0 Å². The summed E-state index contributed by atoms with van der Waals surface area (Å²) in [5, 5.41) is 2.83. The van der Waals surface area contributed by atoms with Gasteiger partial charge in [0.25, 0.3) is 5.91 Å². The Bertz CT molecular complexity index is 583. The lowest BCUT2D eigenvalue weighted by Gasteiger charge is -2.32. The number of carbonyl (C=O) groups excluding carboxylic acids is 2. The van der Waals surface area contributed by atoms with E-state index in [1.165, 1.54) is 0 Å². The first kappa shape index (κ1) is 20.8. The lowest BCUT2D eigenvalue weighted by molar-refractivity contribution is -0.126. The van der Waals surface area contributed by atoms with Crippen LogP contribution in [0.2, 0.25) is 0 Å². The Kier molecular flexibility index (Phi) is 8.59.